The van der Waals surface area contributed by atoms with Gasteiger partial charge in [0.2, 0.25) is 0 Å². The van der Waals surface area contributed by atoms with Gasteiger partial charge in [0.1, 0.15) is 0 Å². The molecule has 0 aliphatic heterocycles. The Kier molecular flexibility index (Phi) is 5.27. The van der Waals surface area contributed by atoms with Crippen molar-refractivity contribution in [2.75, 3.05) is 19.8 Å². The molecule has 1 rings (SSSR count). The Balaban J connectivity index is 2.40. The quantitative estimate of drug-likeness (QED) is 0.748. The summed E-state index contributed by atoms with van der Waals surface area (Å²) in [7, 11) is 0. The molecule has 0 spiro atoms. The third-order valence-corrected chi connectivity index (χ3v) is 2.26. The predicted molar refractivity (Wildman–Crippen MR) is 59.2 cm³/mol. The van der Waals surface area contributed by atoms with E-state index in [1.165, 1.54) is 5.56 Å². The van der Waals surface area contributed by atoms with Gasteiger partial charge in [0.15, 0.2) is 0 Å². The third kappa shape index (κ3) is 3.90. The first-order chi connectivity index (χ1) is 6.86. The highest BCUT2D eigenvalue weighted by atomic mass is 16.5. The molecule has 1 atom stereocenters. The Hall–Kier alpha value is -0.860. The van der Waals surface area contributed by atoms with Crippen molar-refractivity contribution in [3.05, 3.63) is 35.9 Å². The van der Waals surface area contributed by atoms with Gasteiger partial charge in [-0.25, -0.2) is 0 Å². The largest absolute Gasteiger partial charge is 0.381 e. The van der Waals surface area contributed by atoms with Gasteiger partial charge < -0.3 is 10.5 Å². The summed E-state index contributed by atoms with van der Waals surface area (Å²) in [5, 5.41) is 0. The third-order valence-electron chi connectivity index (χ3n) is 2.26. The summed E-state index contributed by atoms with van der Waals surface area (Å²) in [6.07, 6.45) is 1.01. The SMILES string of the molecule is CCOCC(CN)Cc1ccccc1. The van der Waals surface area contributed by atoms with E-state index in [-0.39, 0.29) is 0 Å². The van der Waals surface area contributed by atoms with E-state index >= 15 is 0 Å². The smallest absolute Gasteiger partial charge is 0.0509 e. The summed E-state index contributed by atoms with van der Waals surface area (Å²) in [6.45, 7) is 4.23. The number of ether oxygens (including phenoxy) is 1. The molecule has 0 heterocycles. The Bertz CT molecular complexity index is 235. The van der Waals surface area contributed by atoms with Crippen LogP contribution < -0.4 is 5.73 Å². The fourth-order valence-corrected chi connectivity index (χ4v) is 1.44. The van der Waals surface area contributed by atoms with Crippen molar-refractivity contribution >= 4 is 0 Å². The fourth-order valence-electron chi connectivity index (χ4n) is 1.44. The Morgan fingerprint density at radius 3 is 2.57 bits per heavy atom. The average Bonchev–Trinajstić information content (AvgIpc) is 2.25. The zero-order valence-corrected chi connectivity index (χ0v) is 8.78. The molecule has 1 unspecified atom stereocenters. The Labute approximate surface area is 86.1 Å². The summed E-state index contributed by atoms with van der Waals surface area (Å²) in [4.78, 5) is 0. The molecule has 0 saturated carbocycles. The number of hydrogen-bond donors (Lipinski definition) is 1. The lowest BCUT2D eigenvalue weighted by atomic mass is 10.0. The van der Waals surface area contributed by atoms with Gasteiger partial charge in [-0.3, -0.25) is 0 Å². The topological polar surface area (TPSA) is 35.2 Å². The first kappa shape index (κ1) is 11.2. The van der Waals surface area contributed by atoms with Gasteiger partial charge in [-0.2, -0.15) is 0 Å². The molecule has 14 heavy (non-hydrogen) atoms. The van der Waals surface area contributed by atoms with Gasteiger partial charge in [0, 0.05) is 6.61 Å². The first-order valence-corrected chi connectivity index (χ1v) is 5.18. The Morgan fingerprint density at radius 1 is 1.29 bits per heavy atom. The van der Waals surface area contributed by atoms with Gasteiger partial charge in [0.05, 0.1) is 6.61 Å². The van der Waals surface area contributed by atoms with Crippen LogP contribution in [0.4, 0.5) is 0 Å². The predicted octanol–water partition coefficient (Wildman–Crippen LogP) is 1.84. The van der Waals surface area contributed by atoms with Crippen LogP contribution in [0.2, 0.25) is 0 Å². The minimum Gasteiger partial charge on any atom is -0.381 e. The number of rotatable bonds is 6. The summed E-state index contributed by atoms with van der Waals surface area (Å²) in [6, 6.07) is 10.4. The summed E-state index contributed by atoms with van der Waals surface area (Å²) >= 11 is 0. The molecule has 0 bridgehead atoms. The van der Waals surface area contributed by atoms with Crippen molar-refractivity contribution in [1.29, 1.82) is 0 Å². The molecule has 0 aromatic heterocycles. The van der Waals surface area contributed by atoms with Crippen LogP contribution in [0.3, 0.4) is 0 Å². The fraction of sp³-hybridized carbons (Fsp3) is 0.500. The molecule has 0 saturated heterocycles. The van der Waals surface area contributed by atoms with Crippen LogP contribution >= 0.6 is 0 Å². The van der Waals surface area contributed by atoms with Gasteiger partial charge in [-0.1, -0.05) is 30.3 Å². The van der Waals surface area contributed by atoms with Crippen molar-refractivity contribution in [3.63, 3.8) is 0 Å². The summed E-state index contributed by atoms with van der Waals surface area (Å²) < 4.78 is 5.38. The lowest BCUT2D eigenvalue weighted by molar-refractivity contribution is 0.113. The monoisotopic (exact) mass is 193 g/mol. The van der Waals surface area contributed by atoms with Crippen molar-refractivity contribution in [2.24, 2.45) is 11.7 Å². The second-order valence-electron chi connectivity index (χ2n) is 3.45. The minimum absolute atomic E-state index is 0.442. The average molecular weight is 193 g/mol. The van der Waals surface area contributed by atoms with E-state index in [1.54, 1.807) is 0 Å². The molecule has 2 N–H and O–H groups in total. The summed E-state index contributed by atoms with van der Waals surface area (Å²) in [5.41, 5.74) is 7.02. The zero-order chi connectivity index (χ0) is 10.2. The maximum atomic E-state index is 5.68. The molecular formula is C12H19NO. The van der Waals surface area contributed by atoms with Gasteiger partial charge in [-0.05, 0) is 31.4 Å². The molecule has 1 aromatic carbocycles. The van der Waals surface area contributed by atoms with E-state index in [1.807, 2.05) is 13.0 Å². The van der Waals surface area contributed by atoms with E-state index in [9.17, 15) is 0 Å². The minimum atomic E-state index is 0.442. The van der Waals surface area contributed by atoms with Gasteiger partial charge in [0.25, 0.3) is 0 Å². The van der Waals surface area contributed by atoms with Crippen molar-refractivity contribution in [3.8, 4) is 0 Å². The van der Waals surface area contributed by atoms with Gasteiger partial charge in [-0.15, -0.1) is 0 Å². The molecule has 0 radical (unpaired) electrons. The number of nitrogens with two attached hydrogens (primary N) is 1. The van der Waals surface area contributed by atoms with Crippen LogP contribution in [-0.2, 0) is 11.2 Å². The molecule has 78 valence electrons. The Morgan fingerprint density at radius 2 is 2.00 bits per heavy atom. The second kappa shape index (κ2) is 6.57. The van der Waals surface area contributed by atoms with Crippen LogP contribution in [0.1, 0.15) is 12.5 Å². The maximum absolute atomic E-state index is 5.68. The van der Waals surface area contributed by atoms with Crippen molar-refractivity contribution < 1.29 is 4.74 Å². The van der Waals surface area contributed by atoms with Crippen LogP contribution in [-0.4, -0.2) is 19.8 Å². The number of hydrogen-bond acceptors (Lipinski definition) is 2. The van der Waals surface area contributed by atoms with Crippen LogP contribution in [0.5, 0.6) is 0 Å². The molecule has 0 amide bonds. The second-order valence-corrected chi connectivity index (χ2v) is 3.45. The molecular weight excluding hydrogens is 174 g/mol. The normalized spacial score (nSPS) is 12.7. The maximum Gasteiger partial charge on any atom is 0.0509 e. The van der Waals surface area contributed by atoms with E-state index in [4.69, 9.17) is 10.5 Å². The standard InChI is InChI=1S/C12H19NO/c1-2-14-10-12(9-13)8-11-6-4-3-5-7-11/h3-7,12H,2,8-10,13H2,1H3. The highest BCUT2D eigenvalue weighted by Gasteiger charge is 2.06. The van der Waals surface area contributed by atoms with Crippen LogP contribution in [0, 0.1) is 5.92 Å². The molecule has 0 aliphatic rings. The molecule has 2 heteroatoms. The van der Waals surface area contributed by atoms with E-state index < -0.39 is 0 Å². The lowest BCUT2D eigenvalue weighted by Crippen LogP contribution is -2.22. The molecule has 2 nitrogen and oxygen atoms in total. The van der Waals surface area contributed by atoms with E-state index in [2.05, 4.69) is 24.3 Å². The first-order valence-electron chi connectivity index (χ1n) is 5.18. The van der Waals surface area contributed by atoms with Crippen LogP contribution in [0.15, 0.2) is 30.3 Å². The van der Waals surface area contributed by atoms with E-state index in [0.29, 0.717) is 12.5 Å². The lowest BCUT2D eigenvalue weighted by Gasteiger charge is -2.14. The number of benzene rings is 1. The van der Waals surface area contributed by atoms with Crippen molar-refractivity contribution in [1.82, 2.24) is 0 Å². The van der Waals surface area contributed by atoms with Crippen LogP contribution in [0.25, 0.3) is 0 Å². The highest BCUT2D eigenvalue weighted by Crippen LogP contribution is 2.07. The molecule has 0 aliphatic carbocycles. The molecule has 0 fully saturated rings. The highest BCUT2D eigenvalue weighted by molar-refractivity contribution is 5.15. The molecule has 1 aromatic rings. The van der Waals surface area contributed by atoms with Crippen molar-refractivity contribution in [2.45, 2.75) is 13.3 Å². The summed E-state index contributed by atoms with van der Waals surface area (Å²) in [5.74, 6) is 0.442. The van der Waals surface area contributed by atoms with E-state index in [0.717, 1.165) is 19.6 Å². The zero-order valence-electron chi connectivity index (χ0n) is 8.78. The van der Waals surface area contributed by atoms with Gasteiger partial charge >= 0.3 is 0 Å².